The number of methoxy groups -OCH3 is 1. The molecule has 0 aliphatic heterocycles. The number of carbonyl (C=O) groups excluding carboxylic acids is 2. The van der Waals surface area contributed by atoms with Crippen molar-refractivity contribution < 1.29 is 18.7 Å². The predicted molar refractivity (Wildman–Crippen MR) is 44.7 cm³/mol. The molecule has 0 atom stereocenters. The molecule has 1 amide bonds. The Hall–Kier alpha value is -1.10. The maximum atomic E-state index is 12.7. The van der Waals surface area contributed by atoms with Gasteiger partial charge in [-0.2, -0.15) is 4.39 Å². The largest absolute Gasteiger partial charge is 0.468 e. The second-order valence-electron chi connectivity index (χ2n) is 2.11. The van der Waals surface area contributed by atoms with Crippen LogP contribution in [0.1, 0.15) is 6.92 Å². The Kier molecular flexibility index (Phi) is 5.06. The maximum Gasteiger partial charge on any atom is 0.325 e. The third-order valence-corrected chi connectivity index (χ3v) is 1.29. The van der Waals surface area contributed by atoms with Crippen molar-refractivity contribution in [1.29, 1.82) is 0 Å². The third kappa shape index (κ3) is 4.47. The van der Waals surface area contributed by atoms with Crippen molar-refractivity contribution in [2.45, 2.75) is 6.92 Å². The number of rotatable bonds is 3. The van der Waals surface area contributed by atoms with E-state index in [0.29, 0.717) is 0 Å². The first-order chi connectivity index (χ1) is 5.99. The Bertz CT molecular complexity index is 248. The van der Waals surface area contributed by atoms with Gasteiger partial charge < -0.3 is 10.1 Å². The average Bonchev–Trinajstić information content (AvgIpc) is 2.11. The van der Waals surface area contributed by atoms with Crippen molar-refractivity contribution in [3.63, 3.8) is 0 Å². The quantitative estimate of drug-likeness (QED) is 0.550. The number of ether oxygens (including phenoxy) is 1. The first-order valence-corrected chi connectivity index (χ1v) is 3.73. The fraction of sp³-hybridized carbons (Fsp3) is 0.429. The number of nitrogens with one attached hydrogen (secondary N) is 1. The highest BCUT2D eigenvalue weighted by Gasteiger charge is 2.12. The Balaban J connectivity index is 4.04. The molecule has 0 rings (SSSR count). The molecule has 0 saturated carbocycles. The van der Waals surface area contributed by atoms with Crippen LogP contribution in [0.3, 0.4) is 0 Å². The van der Waals surface area contributed by atoms with E-state index in [0.717, 1.165) is 7.11 Å². The number of halogens is 2. The minimum absolute atomic E-state index is 0.262. The second-order valence-corrected chi connectivity index (χ2v) is 2.67. The molecule has 0 radical (unpaired) electrons. The Labute approximate surface area is 79.7 Å². The van der Waals surface area contributed by atoms with Crippen LogP contribution in [0, 0.1) is 0 Å². The number of hydrogen-bond donors (Lipinski definition) is 1. The average molecular weight is 210 g/mol. The molecule has 0 heterocycles. The number of hydrogen-bond acceptors (Lipinski definition) is 3. The van der Waals surface area contributed by atoms with Crippen molar-refractivity contribution in [2.24, 2.45) is 0 Å². The highest BCUT2D eigenvalue weighted by Crippen LogP contribution is 2.08. The Morgan fingerprint density at radius 2 is 2.08 bits per heavy atom. The topological polar surface area (TPSA) is 55.4 Å². The number of carbonyl (C=O) groups is 2. The molecule has 0 spiro atoms. The lowest BCUT2D eigenvalue weighted by atomic mass is 10.4. The minimum Gasteiger partial charge on any atom is -0.468 e. The van der Waals surface area contributed by atoms with Gasteiger partial charge in [0.15, 0.2) is 0 Å². The van der Waals surface area contributed by atoms with Crippen molar-refractivity contribution in [3.8, 4) is 0 Å². The summed E-state index contributed by atoms with van der Waals surface area (Å²) >= 11 is 5.20. The summed E-state index contributed by atoms with van der Waals surface area (Å²) in [5, 5.41) is 1.72. The van der Waals surface area contributed by atoms with Crippen molar-refractivity contribution in [1.82, 2.24) is 5.32 Å². The zero-order chi connectivity index (χ0) is 10.4. The summed E-state index contributed by atoms with van der Waals surface area (Å²) in [4.78, 5) is 21.3. The van der Waals surface area contributed by atoms with E-state index in [1.54, 1.807) is 0 Å². The van der Waals surface area contributed by atoms with Gasteiger partial charge in [-0.15, -0.1) is 0 Å². The molecule has 74 valence electrons. The molecule has 0 unspecified atom stereocenters. The van der Waals surface area contributed by atoms with Crippen LogP contribution >= 0.6 is 11.6 Å². The van der Waals surface area contributed by atoms with Gasteiger partial charge in [-0.1, -0.05) is 11.6 Å². The lowest BCUT2D eigenvalue weighted by molar-refractivity contribution is -0.140. The van der Waals surface area contributed by atoms with E-state index in [4.69, 9.17) is 11.6 Å². The van der Waals surface area contributed by atoms with Crippen LogP contribution in [0.15, 0.2) is 10.9 Å². The molecule has 0 aromatic rings. The van der Waals surface area contributed by atoms with Gasteiger partial charge in [-0.05, 0) is 6.92 Å². The fourth-order valence-electron chi connectivity index (χ4n) is 0.459. The van der Waals surface area contributed by atoms with E-state index in [-0.39, 0.29) is 11.6 Å². The molecule has 4 nitrogen and oxygen atoms in total. The normalized spacial score (nSPS) is 11.7. The van der Waals surface area contributed by atoms with Crippen LogP contribution in [-0.2, 0) is 14.3 Å². The summed E-state index contributed by atoms with van der Waals surface area (Å²) in [5.41, 5.74) is 0. The molecule has 13 heavy (non-hydrogen) atoms. The predicted octanol–water partition coefficient (Wildman–Crippen LogP) is 0.715. The molecule has 0 saturated heterocycles. The van der Waals surface area contributed by atoms with Gasteiger partial charge in [0.1, 0.15) is 6.54 Å². The van der Waals surface area contributed by atoms with Crippen LogP contribution in [0.2, 0.25) is 0 Å². The molecule has 0 aromatic heterocycles. The lowest BCUT2D eigenvalue weighted by Crippen LogP contribution is -2.30. The van der Waals surface area contributed by atoms with E-state index in [1.165, 1.54) is 6.92 Å². The summed E-state index contributed by atoms with van der Waals surface area (Å²) in [6.07, 6.45) is 0. The van der Waals surface area contributed by atoms with Crippen LogP contribution in [0.5, 0.6) is 0 Å². The van der Waals surface area contributed by atoms with Crippen molar-refractivity contribution in [2.75, 3.05) is 13.7 Å². The van der Waals surface area contributed by atoms with Gasteiger partial charge in [0, 0.05) is 0 Å². The van der Waals surface area contributed by atoms with Crippen molar-refractivity contribution >= 4 is 23.5 Å². The summed E-state index contributed by atoms with van der Waals surface area (Å²) in [6.45, 7) is 0.849. The van der Waals surface area contributed by atoms with Gasteiger partial charge in [0.2, 0.25) is 5.83 Å². The van der Waals surface area contributed by atoms with Gasteiger partial charge in [0.05, 0.1) is 12.1 Å². The highest BCUT2D eigenvalue weighted by atomic mass is 35.5. The molecular weight excluding hydrogens is 201 g/mol. The van der Waals surface area contributed by atoms with Gasteiger partial charge in [-0.3, -0.25) is 9.59 Å². The van der Waals surface area contributed by atoms with Gasteiger partial charge in [-0.25, -0.2) is 0 Å². The zero-order valence-electron chi connectivity index (χ0n) is 7.19. The molecule has 0 fully saturated rings. The van der Waals surface area contributed by atoms with E-state index < -0.39 is 17.7 Å². The van der Waals surface area contributed by atoms with Crippen LogP contribution < -0.4 is 5.32 Å². The third-order valence-electron chi connectivity index (χ3n) is 1.12. The van der Waals surface area contributed by atoms with E-state index in [2.05, 4.69) is 4.74 Å². The summed E-state index contributed by atoms with van der Waals surface area (Å²) in [5.74, 6) is -2.79. The highest BCUT2D eigenvalue weighted by molar-refractivity contribution is 6.31. The minimum atomic E-state index is -1.11. The molecule has 0 aromatic carbocycles. The molecule has 0 aliphatic carbocycles. The molecule has 1 N–H and O–H groups in total. The van der Waals surface area contributed by atoms with Crippen LogP contribution in [0.25, 0.3) is 0 Å². The SMILES string of the molecule is COC(=O)CNC(=O)/C(F)=C(\C)Cl. The maximum absolute atomic E-state index is 12.7. The molecule has 0 aliphatic rings. The fourth-order valence-corrected chi connectivity index (χ4v) is 0.544. The molecular formula is C7H9ClFNO3. The summed E-state index contributed by atoms with van der Waals surface area (Å²) in [6, 6.07) is 0. The van der Waals surface area contributed by atoms with Crippen LogP contribution in [-0.4, -0.2) is 25.5 Å². The lowest BCUT2D eigenvalue weighted by Gasteiger charge is -2.01. The first kappa shape index (κ1) is 11.9. The summed E-state index contributed by atoms with van der Waals surface area (Å²) < 4.78 is 16.9. The second kappa shape index (κ2) is 5.53. The van der Waals surface area contributed by atoms with Crippen LogP contribution in [0.4, 0.5) is 4.39 Å². The van der Waals surface area contributed by atoms with E-state index in [1.807, 2.05) is 5.32 Å². The number of amides is 1. The summed E-state index contributed by atoms with van der Waals surface area (Å²) in [7, 11) is 1.16. The van der Waals surface area contributed by atoms with Crippen molar-refractivity contribution in [3.05, 3.63) is 10.9 Å². The number of allylic oxidation sites excluding steroid dienone is 1. The Morgan fingerprint density at radius 3 is 2.46 bits per heavy atom. The number of esters is 1. The van der Waals surface area contributed by atoms with E-state index >= 15 is 0 Å². The smallest absolute Gasteiger partial charge is 0.325 e. The standard InChI is InChI=1S/C7H9ClFNO3/c1-4(8)6(9)7(12)10-3-5(11)13-2/h3H2,1-2H3,(H,10,12)/b6-4-. The monoisotopic (exact) mass is 209 g/mol. The van der Waals surface area contributed by atoms with E-state index in [9.17, 15) is 14.0 Å². The molecule has 0 bridgehead atoms. The molecule has 6 heteroatoms. The van der Waals surface area contributed by atoms with Gasteiger partial charge >= 0.3 is 5.97 Å². The van der Waals surface area contributed by atoms with Gasteiger partial charge in [0.25, 0.3) is 5.91 Å². The Morgan fingerprint density at radius 1 is 1.54 bits per heavy atom. The zero-order valence-corrected chi connectivity index (χ0v) is 7.94. The first-order valence-electron chi connectivity index (χ1n) is 3.36.